The van der Waals surface area contributed by atoms with E-state index in [4.69, 9.17) is 0 Å². The summed E-state index contributed by atoms with van der Waals surface area (Å²) in [5.74, 6) is 0. The fraction of sp³-hybridized carbons (Fsp3) is 0.375. The molecule has 0 aliphatic carbocycles. The van der Waals surface area contributed by atoms with E-state index in [1.807, 2.05) is 0 Å². The number of aryl methyl sites for hydroxylation is 1. The molecule has 0 N–H and O–H groups in total. The van der Waals surface area contributed by atoms with Crippen molar-refractivity contribution < 1.29 is 8.78 Å². The summed E-state index contributed by atoms with van der Waals surface area (Å²) >= 11 is 3.17. The van der Waals surface area contributed by atoms with E-state index in [-0.39, 0.29) is 0 Å². The van der Waals surface area contributed by atoms with Crippen LogP contribution >= 0.6 is 15.9 Å². The smallest absolute Gasteiger partial charge is 0.256 e. The first kappa shape index (κ1) is 10.4. The van der Waals surface area contributed by atoms with Crippen molar-refractivity contribution in [2.75, 3.05) is 0 Å². The van der Waals surface area contributed by atoms with E-state index in [9.17, 15) is 13.6 Å². The first-order valence-electron chi connectivity index (χ1n) is 3.65. The van der Waals surface area contributed by atoms with Crippen LogP contribution in [0.15, 0.2) is 21.5 Å². The molecule has 13 heavy (non-hydrogen) atoms. The van der Waals surface area contributed by atoms with Crippen molar-refractivity contribution in [1.82, 2.24) is 4.57 Å². The molecule has 0 amide bonds. The number of hydrogen-bond donors (Lipinski definition) is 0. The van der Waals surface area contributed by atoms with Crippen molar-refractivity contribution >= 4 is 15.9 Å². The van der Waals surface area contributed by atoms with E-state index in [0.717, 1.165) is 10.1 Å². The minimum absolute atomic E-state index is 0.402. The van der Waals surface area contributed by atoms with Crippen LogP contribution < -0.4 is 5.56 Å². The van der Waals surface area contributed by atoms with Crippen LogP contribution in [-0.2, 0) is 6.54 Å². The normalized spacial score (nSPS) is 10.8. The van der Waals surface area contributed by atoms with Gasteiger partial charge >= 0.3 is 0 Å². The Morgan fingerprint density at radius 2 is 2.23 bits per heavy atom. The van der Waals surface area contributed by atoms with Crippen LogP contribution in [0, 0.1) is 6.92 Å². The topological polar surface area (TPSA) is 22.0 Å². The Morgan fingerprint density at radius 3 is 2.77 bits per heavy atom. The molecular formula is C8H8BrF2NO. The zero-order chi connectivity index (χ0) is 10.0. The molecule has 0 atom stereocenters. The highest BCUT2D eigenvalue weighted by Crippen LogP contribution is 2.12. The number of aromatic nitrogens is 1. The van der Waals surface area contributed by atoms with Crippen LogP contribution in [0.5, 0.6) is 0 Å². The van der Waals surface area contributed by atoms with Crippen LogP contribution in [0.3, 0.4) is 0 Å². The molecule has 2 nitrogen and oxygen atoms in total. The largest absolute Gasteiger partial charge is 0.309 e. The van der Waals surface area contributed by atoms with Gasteiger partial charge in [-0.1, -0.05) is 0 Å². The second-order valence-electron chi connectivity index (χ2n) is 2.69. The second kappa shape index (κ2) is 4.00. The molecule has 5 heteroatoms. The lowest BCUT2D eigenvalue weighted by Gasteiger charge is -2.06. The molecule has 1 heterocycles. The van der Waals surface area contributed by atoms with Crippen molar-refractivity contribution in [3.63, 3.8) is 0 Å². The Labute approximate surface area is 82.3 Å². The molecule has 0 unspecified atom stereocenters. The lowest BCUT2D eigenvalue weighted by Crippen LogP contribution is -2.22. The van der Waals surface area contributed by atoms with Crippen molar-refractivity contribution in [3.05, 3.63) is 32.7 Å². The molecule has 0 fully saturated rings. The van der Waals surface area contributed by atoms with Gasteiger partial charge in [-0.2, -0.15) is 0 Å². The van der Waals surface area contributed by atoms with Gasteiger partial charge in [0.05, 0.1) is 6.54 Å². The minimum Gasteiger partial charge on any atom is -0.309 e. The number of hydrogen-bond acceptors (Lipinski definition) is 1. The van der Waals surface area contributed by atoms with Gasteiger partial charge in [0.25, 0.3) is 12.0 Å². The first-order valence-corrected chi connectivity index (χ1v) is 4.44. The van der Waals surface area contributed by atoms with Gasteiger partial charge in [0.1, 0.15) is 0 Å². The van der Waals surface area contributed by atoms with Crippen molar-refractivity contribution in [2.45, 2.75) is 19.9 Å². The molecule has 0 aliphatic rings. The molecule has 0 saturated heterocycles. The van der Waals surface area contributed by atoms with Gasteiger partial charge in [-0.05, 0) is 28.4 Å². The van der Waals surface area contributed by atoms with Gasteiger partial charge in [-0.25, -0.2) is 8.78 Å². The van der Waals surface area contributed by atoms with E-state index in [0.29, 0.717) is 4.47 Å². The Kier molecular flexibility index (Phi) is 3.19. The van der Waals surface area contributed by atoms with Crippen LogP contribution in [-0.4, -0.2) is 11.0 Å². The van der Waals surface area contributed by atoms with Gasteiger partial charge in [-0.3, -0.25) is 4.79 Å². The van der Waals surface area contributed by atoms with E-state index in [2.05, 4.69) is 15.9 Å². The summed E-state index contributed by atoms with van der Waals surface area (Å²) < 4.78 is 25.6. The second-order valence-corrected chi connectivity index (χ2v) is 3.54. The van der Waals surface area contributed by atoms with Crippen molar-refractivity contribution in [3.8, 4) is 0 Å². The predicted octanol–water partition coefficient (Wildman–Crippen LogP) is 2.18. The van der Waals surface area contributed by atoms with Crippen LogP contribution in [0.4, 0.5) is 8.78 Å². The Hall–Kier alpha value is -0.710. The summed E-state index contributed by atoms with van der Waals surface area (Å²) in [6.07, 6.45) is -1.13. The maximum atomic E-state index is 12.0. The summed E-state index contributed by atoms with van der Waals surface area (Å²) in [4.78, 5) is 11.1. The number of pyridine rings is 1. The molecule has 72 valence electrons. The van der Waals surface area contributed by atoms with Gasteiger partial charge in [-0.15, -0.1) is 0 Å². The summed E-state index contributed by atoms with van der Waals surface area (Å²) in [5, 5.41) is 0. The SMILES string of the molecule is Cc1cc(=O)n(CC(F)F)cc1Br. The van der Waals surface area contributed by atoms with Crippen molar-refractivity contribution in [1.29, 1.82) is 0 Å². The zero-order valence-corrected chi connectivity index (χ0v) is 8.51. The number of halogens is 3. The molecule has 0 aromatic carbocycles. The third-order valence-corrected chi connectivity index (χ3v) is 2.43. The standard InChI is InChI=1S/C8H8BrF2NO/c1-5-2-8(13)12(3-6(5)9)4-7(10)11/h2-3,7H,4H2,1H3. The molecule has 0 radical (unpaired) electrons. The molecule has 0 bridgehead atoms. The Morgan fingerprint density at radius 1 is 1.62 bits per heavy atom. The van der Waals surface area contributed by atoms with Crippen LogP contribution in [0.2, 0.25) is 0 Å². The molecular weight excluding hydrogens is 244 g/mol. The van der Waals surface area contributed by atoms with Gasteiger partial charge in [0, 0.05) is 16.7 Å². The van der Waals surface area contributed by atoms with E-state index < -0.39 is 18.5 Å². The zero-order valence-electron chi connectivity index (χ0n) is 6.93. The van der Waals surface area contributed by atoms with Gasteiger partial charge in [0.15, 0.2) is 0 Å². The molecule has 0 aliphatic heterocycles. The number of rotatable bonds is 2. The van der Waals surface area contributed by atoms with E-state index in [1.54, 1.807) is 6.92 Å². The van der Waals surface area contributed by atoms with Crippen molar-refractivity contribution in [2.24, 2.45) is 0 Å². The average molecular weight is 252 g/mol. The monoisotopic (exact) mass is 251 g/mol. The van der Waals surface area contributed by atoms with Gasteiger partial charge in [0.2, 0.25) is 0 Å². The third-order valence-electron chi connectivity index (χ3n) is 1.60. The summed E-state index contributed by atoms with van der Waals surface area (Å²) in [7, 11) is 0. The lowest BCUT2D eigenvalue weighted by molar-refractivity contribution is 0.125. The van der Waals surface area contributed by atoms with Gasteiger partial charge < -0.3 is 4.57 Å². The number of nitrogens with zero attached hydrogens (tertiary/aromatic N) is 1. The fourth-order valence-electron chi connectivity index (χ4n) is 0.931. The van der Waals surface area contributed by atoms with Crippen LogP contribution in [0.1, 0.15) is 5.56 Å². The molecule has 0 saturated carbocycles. The average Bonchev–Trinajstić information content (AvgIpc) is 1.99. The highest BCUT2D eigenvalue weighted by Gasteiger charge is 2.06. The molecule has 1 aromatic rings. The fourth-order valence-corrected chi connectivity index (χ4v) is 1.29. The number of alkyl halides is 2. The quantitative estimate of drug-likeness (QED) is 0.790. The van der Waals surface area contributed by atoms with E-state index >= 15 is 0 Å². The minimum atomic E-state index is -2.51. The lowest BCUT2D eigenvalue weighted by atomic mass is 10.3. The highest BCUT2D eigenvalue weighted by molar-refractivity contribution is 9.10. The van der Waals surface area contributed by atoms with E-state index in [1.165, 1.54) is 12.3 Å². The summed E-state index contributed by atoms with van der Waals surface area (Å²) in [5.41, 5.74) is 0.344. The molecule has 0 spiro atoms. The predicted molar refractivity (Wildman–Crippen MR) is 49.1 cm³/mol. The molecule has 1 rings (SSSR count). The summed E-state index contributed by atoms with van der Waals surface area (Å²) in [6.45, 7) is 1.18. The first-order chi connectivity index (χ1) is 6.00. The van der Waals surface area contributed by atoms with Crippen LogP contribution in [0.25, 0.3) is 0 Å². The Bertz CT molecular complexity index is 362. The Balaban J connectivity index is 3.09. The maximum absolute atomic E-state index is 12.0. The summed E-state index contributed by atoms with van der Waals surface area (Å²) in [6, 6.07) is 1.33. The molecule has 1 aromatic heterocycles. The third kappa shape index (κ3) is 2.62. The maximum Gasteiger partial charge on any atom is 0.256 e. The highest BCUT2D eigenvalue weighted by atomic mass is 79.9.